The number of hydrogen-bond acceptors (Lipinski definition) is 1. The molecule has 0 aromatic heterocycles. The molecule has 2 atom stereocenters. The van der Waals surface area contributed by atoms with Crippen LogP contribution in [0.4, 0.5) is 0 Å². The molecule has 0 bridgehead atoms. The molecule has 0 N–H and O–H groups in total. The third kappa shape index (κ3) is 6.03. The van der Waals surface area contributed by atoms with E-state index >= 15 is 0 Å². The van der Waals surface area contributed by atoms with Crippen molar-refractivity contribution in [2.75, 3.05) is 13.2 Å². The molecule has 0 spiro atoms. The molecule has 2 aromatic rings. The predicted molar refractivity (Wildman–Crippen MR) is 96.1 cm³/mol. The molecule has 0 aliphatic carbocycles. The zero-order chi connectivity index (χ0) is 16.3. The number of ether oxygens (including phenoxy) is 1. The van der Waals surface area contributed by atoms with Crippen LogP contribution in [0.5, 0.6) is 0 Å². The summed E-state index contributed by atoms with van der Waals surface area (Å²) in [4.78, 5) is 0. The van der Waals surface area contributed by atoms with Crippen molar-refractivity contribution < 1.29 is 4.74 Å². The lowest BCUT2D eigenvalue weighted by atomic mass is 10.0. The lowest BCUT2D eigenvalue weighted by Crippen LogP contribution is -1.95. The van der Waals surface area contributed by atoms with E-state index in [0.717, 1.165) is 0 Å². The molecule has 0 aliphatic heterocycles. The van der Waals surface area contributed by atoms with Crippen LogP contribution in [0.3, 0.4) is 0 Å². The number of benzene rings is 2. The van der Waals surface area contributed by atoms with Crippen molar-refractivity contribution in [3.63, 3.8) is 0 Å². The molecule has 0 saturated carbocycles. The summed E-state index contributed by atoms with van der Waals surface area (Å²) < 4.78 is 5.46. The molecule has 0 amide bonds. The van der Waals surface area contributed by atoms with Crippen molar-refractivity contribution in [1.29, 1.82) is 0 Å². The Hall–Kier alpha value is -2.48. The molecule has 0 radical (unpaired) electrons. The van der Waals surface area contributed by atoms with Crippen LogP contribution in [0.25, 0.3) is 0 Å². The van der Waals surface area contributed by atoms with Crippen LogP contribution < -0.4 is 0 Å². The fourth-order valence-corrected chi connectivity index (χ4v) is 2.19. The molecule has 2 aromatic carbocycles. The number of hydrogen-bond donors (Lipinski definition) is 0. The first-order valence-corrected chi connectivity index (χ1v) is 7.92. The fourth-order valence-electron chi connectivity index (χ4n) is 2.19. The summed E-state index contributed by atoms with van der Waals surface area (Å²) >= 11 is 0. The highest BCUT2D eigenvalue weighted by Crippen LogP contribution is 2.13. The summed E-state index contributed by atoms with van der Waals surface area (Å²) in [6.07, 6.45) is 0. The zero-order valence-corrected chi connectivity index (χ0v) is 13.8. The highest BCUT2D eigenvalue weighted by atomic mass is 16.5. The van der Waals surface area contributed by atoms with Gasteiger partial charge in [0.25, 0.3) is 0 Å². The normalized spacial score (nSPS) is 12.3. The second kappa shape index (κ2) is 9.52. The quantitative estimate of drug-likeness (QED) is 0.591. The highest BCUT2D eigenvalue weighted by Gasteiger charge is 1.99. The Balaban J connectivity index is 1.71. The van der Waals surface area contributed by atoms with E-state index < -0.39 is 0 Å². The van der Waals surface area contributed by atoms with Gasteiger partial charge in [-0.05, 0) is 25.0 Å². The predicted octanol–water partition coefficient (Wildman–Crippen LogP) is 4.62. The van der Waals surface area contributed by atoms with Gasteiger partial charge in [-0.15, -0.1) is 0 Å². The van der Waals surface area contributed by atoms with Crippen molar-refractivity contribution in [3.8, 4) is 23.7 Å². The molecule has 0 heterocycles. The zero-order valence-electron chi connectivity index (χ0n) is 13.8. The van der Waals surface area contributed by atoms with Gasteiger partial charge >= 0.3 is 0 Å². The minimum atomic E-state index is 0.226. The van der Waals surface area contributed by atoms with Crippen LogP contribution in [0, 0.1) is 23.7 Å². The third-order valence-corrected chi connectivity index (χ3v) is 3.58. The molecule has 1 heteroatoms. The van der Waals surface area contributed by atoms with Gasteiger partial charge in [0.2, 0.25) is 0 Å². The first-order valence-electron chi connectivity index (χ1n) is 7.92. The molecule has 23 heavy (non-hydrogen) atoms. The second-order valence-electron chi connectivity index (χ2n) is 5.40. The summed E-state index contributed by atoms with van der Waals surface area (Å²) in [6, 6.07) is 20.5. The van der Waals surface area contributed by atoms with Gasteiger partial charge < -0.3 is 4.74 Å². The van der Waals surface area contributed by atoms with E-state index in [1.165, 1.54) is 11.1 Å². The van der Waals surface area contributed by atoms with Crippen LogP contribution in [-0.4, -0.2) is 13.2 Å². The molecule has 1 nitrogen and oxygen atoms in total. The Bertz CT molecular complexity index is 632. The Kier molecular flexibility index (Phi) is 6.99. The average molecular weight is 302 g/mol. The van der Waals surface area contributed by atoms with Crippen molar-refractivity contribution in [2.24, 2.45) is 0 Å². The lowest BCUT2D eigenvalue weighted by molar-refractivity contribution is 0.204. The molecular formula is C22H22O. The van der Waals surface area contributed by atoms with Crippen LogP contribution >= 0.6 is 0 Å². The van der Waals surface area contributed by atoms with E-state index in [9.17, 15) is 0 Å². The fraction of sp³-hybridized carbons (Fsp3) is 0.273. The molecule has 0 saturated heterocycles. The minimum absolute atomic E-state index is 0.226. The van der Waals surface area contributed by atoms with E-state index in [1.807, 2.05) is 36.4 Å². The molecular weight excluding hydrogens is 280 g/mol. The highest BCUT2D eigenvalue weighted by molar-refractivity contribution is 5.27. The van der Waals surface area contributed by atoms with Crippen LogP contribution in [0.1, 0.15) is 36.8 Å². The Morgan fingerprint density at radius 2 is 1.09 bits per heavy atom. The van der Waals surface area contributed by atoms with Gasteiger partial charge in [0.05, 0.1) is 0 Å². The maximum absolute atomic E-state index is 5.46. The van der Waals surface area contributed by atoms with Gasteiger partial charge in [-0.25, -0.2) is 0 Å². The monoisotopic (exact) mass is 302 g/mol. The maximum atomic E-state index is 5.46. The van der Waals surface area contributed by atoms with Crippen LogP contribution in [0.15, 0.2) is 60.7 Å². The van der Waals surface area contributed by atoms with E-state index in [4.69, 9.17) is 4.74 Å². The van der Waals surface area contributed by atoms with Crippen LogP contribution in [0.2, 0.25) is 0 Å². The standard InChI is InChI=1S/C22H22O/c1-19(21-13-5-3-6-14-21)11-9-17-23-18-10-12-20(2)22-15-7-4-8-16-22/h3-8,13-16,19-20H,17-18H2,1-2H3. The Morgan fingerprint density at radius 3 is 1.48 bits per heavy atom. The van der Waals surface area contributed by atoms with Crippen molar-refractivity contribution in [1.82, 2.24) is 0 Å². The molecule has 0 fully saturated rings. The second-order valence-corrected chi connectivity index (χ2v) is 5.40. The van der Waals surface area contributed by atoms with Gasteiger partial charge in [0.15, 0.2) is 0 Å². The van der Waals surface area contributed by atoms with E-state index in [-0.39, 0.29) is 11.8 Å². The average Bonchev–Trinajstić information content (AvgIpc) is 2.62. The topological polar surface area (TPSA) is 9.23 Å². The summed E-state index contributed by atoms with van der Waals surface area (Å²) in [5.41, 5.74) is 2.47. The van der Waals surface area contributed by atoms with E-state index in [0.29, 0.717) is 13.2 Å². The molecule has 0 aliphatic rings. The summed E-state index contributed by atoms with van der Waals surface area (Å²) in [7, 11) is 0. The largest absolute Gasteiger partial charge is 0.356 e. The lowest BCUT2D eigenvalue weighted by Gasteiger charge is -2.03. The molecule has 116 valence electrons. The maximum Gasteiger partial charge on any atom is 0.109 e. The van der Waals surface area contributed by atoms with Gasteiger partial charge in [0, 0.05) is 11.8 Å². The van der Waals surface area contributed by atoms with E-state index in [1.54, 1.807) is 0 Å². The van der Waals surface area contributed by atoms with Crippen molar-refractivity contribution >= 4 is 0 Å². The third-order valence-electron chi connectivity index (χ3n) is 3.58. The van der Waals surface area contributed by atoms with Crippen LogP contribution in [-0.2, 0) is 4.74 Å². The SMILES string of the molecule is CC(C#CCOCC#CC(C)c1ccccc1)c1ccccc1. The van der Waals surface area contributed by atoms with Gasteiger partial charge in [0.1, 0.15) is 13.2 Å². The van der Waals surface area contributed by atoms with Crippen molar-refractivity contribution in [2.45, 2.75) is 25.7 Å². The molecule has 2 unspecified atom stereocenters. The smallest absolute Gasteiger partial charge is 0.109 e. The Labute approximate surface area is 139 Å². The molecule has 2 rings (SSSR count). The minimum Gasteiger partial charge on any atom is -0.356 e. The number of rotatable bonds is 4. The Morgan fingerprint density at radius 1 is 0.696 bits per heavy atom. The van der Waals surface area contributed by atoms with E-state index in [2.05, 4.69) is 61.8 Å². The van der Waals surface area contributed by atoms with Gasteiger partial charge in [-0.1, -0.05) is 84.3 Å². The summed E-state index contributed by atoms with van der Waals surface area (Å²) in [5.74, 6) is 13.0. The van der Waals surface area contributed by atoms with Crippen molar-refractivity contribution in [3.05, 3.63) is 71.8 Å². The summed E-state index contributed by atoms with van der Waals surface area (Å²) in [6.45, 7) is 5.05. The van der Waals surface area contributed by atoms with Gasteiger partial charge in [-0.3, -0.25) is 0 Å². The summed E-state index contributed by atoms with van der Waals surface area (Å²) in [5, 5.41) is 0. The first kappa shape index (κ1) is 16.9. The first-order chi connectivity index (χ1) is 11.3. The van der Waals surface area contributed by atoms with Gasteiger partial charge in [-0.2, -0.15) is 0 Å².